The Morgan fingerprint density at radius 3 is 2.87 bits per heavy atom. The maximum atomic E-state index is 13.4. The van der Waals surface area contributed by atoms with E-state index in [0.29, 0.717) is 5.65 Å². The van der Waals surface area contributed by atoms with Crippen LogP contribution in [0, 0.1) is 12.7 Å². The van der Waals surface area contributed by atoms with Crippen molar-refractivity contribution in [2.75, 3.05) is 14.1 Å². The van der Waals surface area contributed by atoms with Gasteiger partial charge in [-0.05, 0) is 33.2 Å². The third-order valence-electron chi connectivity index (χ3n) is 2.37. The van der Waals surface area contributed by atoms with Gasteiger partial charge < -0.3 is 9.30 Å². The second kappa shape index (κ2) is 3.62. The summed E-state index contributed by atoms with van der Waals surface area (Å²) in [5, 5.41) is 0. The molecule has 0 spiro atoms. The Hall–Kier alpha value is -1.42. The first-order chi connectivity index (χ1) is 7.09. The van der Waals surface area contributed by atoms with Crippen molar-refractivity contribution in [1.29, 1.82) is 0 Å². The van der Waals surface area contributed by atoms with Gasteiger partial charge in [0.05, 0.1) is 11.4 Å². The van der Waals surface area contributed by atoms with Crippen LogP contribution in [0.3, 0.4) is 0 Å². The average Bonchev–Trinajstić information content (AvgIpc) is 2.45. The van der Waals surface area contributed by atoms with Gasteiger partial charge in [-0.3, -0.25) is 0 Å². The van der Waals surface area contributed by atoms with Crippen molar-refractivity contribution in [2.24, 2.45) is 0 Å². The van der Waals surface area contributed by atoms with Crippen LogP contribution in [0.2, 0.25) is 0 Å². The van der Waals surface area contributed by atoms with E-state index in [2.05, 4.69) is 4.98 Å². The van der Waals surface area contributed by atoms with Crippen molar-refractivity contribution < 1.29 is 4.39 Å². The van der Waals surface area contributed by atoms with Crippen molar-refractivity contribution in [3.63, 3.8) is 0 Å². The molecule has 0 aromatic carbocycles. The standard InChI is InChI=1S/C11H14FN3/c1-8-10(7-14(2)3)15-6-4-5-9(12)11(15)13-8/h4-6H,7H2,1-3H3. The Morgan fingerprint density at radius 2 is 2.20 bits per heavy atom. The molecule has 2 aromatic rings. The highest BCUT2D eigenvalue weighted by molar-refractivity contribution is 5.44. The molecule has 2 rings (SSSR count). The van der Waals surface area contributed by atoms with Crippen molar-refractivity contribution >= 4 is 5.65 Å². The van der Waals surface area contributed by atoms with Crippen molar-refractivity contribution in [1.82, 2.24) is 14.3 Å². The van der Waals surface area contributed by atoms with Crippen LogP contribution in [0.5, 0.6) is 0 Å². The summed E-state index contributed by atoms with van der Waals surface area (Å²) in [7, 11) is 3.97. The van der Waals surface area contributed by atoms with Gasteiger partial charge in [-0.15, -0.1) is 0 Å². The van der Waals surface area contributed by atoms with Gasteiger partial charge >= 0.3 is 0 Å². The summed E-state index contributed by atoms with van der Waals surface area (Å²) < 4.78 is 15.2. The molecule has 0 atom stereocenters. The maximum absolute atomic E-state index is 13.4. The summed E-state index contributed by atoms with van der Waals surface area (Å²) >= 11 is 0. The van der Waals surface area contributed by atoms with E-state index < -0.39 is 0 Å². The maximum Gasteiger partial charge on any atom is 0.173 e. The molecule has 0 aliphatic rings. The topological polar surface area (TPSA) is 20.5 Å². The largest absolute Gasteiger partial charge is 0.304 e. The average molecular weight is 207 g/mol. The Balaban J connectivity index is 2.63. The summed E-state index contributed by atoms with van der Waals surface area (Å²) in [6, 6.07) is 3.13. The first-order valence-electron chi connectivity index (χ1n) is 4.86. The van der Waals surface area contributed by atoms with Gasteiger partial charge in [-0.25, -0.2) is 9.37 Å². The lowest BCUT2D eigenvalue weighted by molar-refractivity contribution is 0.394. The van der Waals surface area contributed by atoms with E-state index in [-0.39, 0.29) is 5.82 Å². The van der Waals surface area contributed by atoms with Crippen LogP contribution in [-0.4, -0.2) is 28.4 Å². The van der Waals surface area contributed by atoms with E-state index in [1.807, 2.05) is 36.5 Å². The van der Waals surface area contributed by atoms with Gasteiger partial charge in [0.2, 0.25) is 0 Å². The molecule has 0 bridgehead atoms. The number of aromatic nitrogens is 2. The van der Waals surface area contributed by atoms with Crippen LogP contribution in [0.15, 0.2) is 18.3 Å². The number of fused-ring (bicyclic) bond motifs is 1. The lowest BCUT2D eigenvalue weighted by Crippen LogP contribution is -2.13. The van der Waals surface area contributed by atoms with Gasteiger partial charge in [0.25, 0.3) is 0 Å². The molecule has 0 amide bonds. The Labute approximate surface area is 88.2 Å². The molecule has 2 heterocycles. The number of imidazole rings is 1. The minimum Gasteiger partial charge on any atom is -0.304 e. The zero-order valence-electron chi connectivity index (χ0n) is 9.16. The van der Waals surface area contributed by atoms with Crippen molar-refractivity contribution in [2.45, 2.75) is 13.5 Å². The fraction of sp³-hybridized carbons (Fsp3) is 0.364. The molecule has 15 heavy (non-hydrogen) atoms. The zero-order chi connectivity index (χ0) is 11.0. The summed E-state index contributed by atoms with van der Waals surface area (Å²) in [5.41, 5.74) is 2.33. The van der Waals surface area contributed by atoms with E-state index in [9.17, 15) is 4.39 Å². The summed E-state index contributed by atoms with van der Waals surface area (Å²) in [4.78, 5) is 6.27. The van der Waals surface area contributed by atoms with Crippen LogP contribution in [0.25, 0.3) is 5.65 Å². The minimum atomic E-state index is -0.273. The monoisotopic (exact) mass is 207 g/mol. The van der Waals surface area contributed by atoms with Crippen LogP contribution < -0.4 is 0 Å². The molecule has 0 saturated carbocycles. The quantitative estimate of drug-likeness (QED) is 0.749. The van der Waals surface area contributed by atoms with Crippen LogP contribution in [0.4, 0.5) is 4.39 Å². The van der Waals surface area contributed by atoms with Gasteiger partial charge in [0.1, 0.15) is 0 Å². The van der Waals surface area contributed by atoms with Crippen molar-refractivity contribution in [3.8, 4) is 0 Å². The second-order valence-corrected chi connectivity index (χ2v) is 3.93. The van der Waals surface area contributed by atoms with Gasteiger partial charge in [-0.1, -0.05) is 0 Å². The molecule has 0 radical (unpaired) electrons. The van der Waals surface area contributed by atoms with Gasteiger partial charge in [0, 0.05) is 12.7 Å². The Kier molecular flexibility index (Phi) is 2.44. The normalized spacial score (nSPS) is 11.5. The van der Waals surface area contributed by atoms with Gasteiger partial charge in [0.15, 0.2) is 11.5 Å². The first kappa shape index (κ1) is 10.1. The molecule has 0 aliphatic heterocycles. The lowest BCUT2D eigenvalue weighted by Gasteiger charge is -2.09. The smallest absolute Gasteiger partial charge is 0.173 e. The molecular weight excluding hydrogens is 193 g/mol. The molecule has 2 aromatic heterocycles. The number of halogens is 1. The summed E-state index contributed by atoms with van der Waals surface area (Å²) in [6.07, 6.45) is 1.84. The molecule has 3 nitrogen and oxygen atoms in total. The third-order valence-corrected chi connectivity index (χ3v) is 2.37. The van der Waals surface area contributed by atoms with E-state index in [1.165, 1.54) is 6.07 Å². The Morgan fingerprint density at radius 1 is 1.47 bits per heavy atom. The number of nitrogens with zero attached hydrogens (tertiary/aromatic N) is 3. The Bertz CT molecular complexity index is 488. The van der Waals surface area contributed by atoms with Crippen LogP contribution in [0.1, 0.15) is 11.4 Å². The molecule has 4 heteroatoms. The van der Waals surface area contributed by atoms with E-state index >= 15 is 0 Å². The lowest BCUT2D eigenvalue weighted by atomic mass is 10.3. The molecule has 0 saturated heterocycles. The summed E-state index contributed by atoms with van der Waals surface area (Å²) in [5.74, 6) is -0.273. The zero-order valence-corrected chi connectivity index (χ0v) is 9.16. The van der Waals surface area contributed by atoms with E-state index in [1.54, 1.807) is 6.07 Å². The van der Waals surface area contributed by atoms with Gasteiger partial charge in [-0.2, -0.15) is 0 Å². The highest BCUT2D eigenvalue weighted by Crippen LogP contribution is 2.15. The summed E-state index contributed by atoms with van der Waals surface area (Å²) in [6.45, 7) is 2.67. The fourth-order valence-corrected chi connectivity index (χ4v) is 1.69. The first-order valence-corrected chi connectivity index (χ1v) is 4.86. The van der Waals surface area contributed by atoms with Crippen LogP contribution in [-0.2, 0) is 6.54 Å². The molecule has 0 aliphatic carbocycles. The number of rotatable bonds is 2. The number of hydrogen-bond donors (Lipinski definition) is 0. The molecule has 0 unspecified atom stereocenters. The second-order valence-electron chi connectivity index (χ2n) is 3.93. The molecule has 0 fully saturated rings. The van der Waals surface area contributed by atoms with E-state index in [0.717, 1.165) is 17.9 Å². The molecular formula is C11H14FN3. The highest BCUT2D eigenvalue weighted by atomic mass is 19.1. The van der Waals surface area contributed by atoms with Crippen molar-refractivity contribution in [3.05, 3.63) is 35.5 Å². The van der Waals surface area contributed by atoms with Crippen LogP contribution >= 0.6 is 0 Å². The SMILES string of the molecule is Cc1nc2c(F)cccn2c1CN(C)C. The molecule has 0 N–H and O–H groups in total. The number of aryl methyl sites for hydroxylation is 1. The van der Waals surface area contributed by atoms with E-state index in [4.69, 9.17) is 0 Å². The third kappa shape index (κ3) is 1.72. The number of pyridine rings is 1. The highest BCUT2D eigenvalue weighted by Gasteiger charge is 2.11. The minimum absolute atomic E-state index is 0.273. The predicted octanol–water partition coefficient (Wildman–Crippen LogP) is 1.84. The fourth-order valence-electron chi connectivity index (χ4n) is 1.69. The predicted molar refractivity (Wildman–Crippen MR) is 57.3 cm³/mol. The number of hydrogen-bond acceptors (Lipinski definition) is 2. The molecule has 80 valence electrons.